The Bertz CT molecular complexity index is 505. The van der Waals surface area contributed by atoms with E-state index in [-0.39, 0.29) is 5.41 Å². The molecule has 1 aliphatic rings. The molecule has 1 saturated carbocycles. The van der Waals surface area contributed by atoms with Crippen molar-refractivity contribution in [3.05, 3.63) is 16.5 Å². The van der Waals surface area contributed by atoms with Gasteiger partial charge in [-0.3, -0.25) is 0 Å². The second kappa shape index (κ2) is 6.09. The molecule has 1 heterocycles. The summed E-state index contributed by atoms with van der Waals surface area (Å²) in [6, 6.07) is 0. The topological polar surface area (TPSA) is 58.0 Å². The van der Waals surface area contributed by atoms with Gasteiger partial charge in [0.2, 0.25) is 0 Å². The largest absolute Gasteiger partial charge is 0.388 e. The number of anilines is 1. The molecule has 0 radical (unpaired) electrons. The third-order valence-corrected chi connectivity index (χ3v) is 4.49. The van der Waals surface area contributed by atoms with Crippen LogP contribution in [0.1, 0.15) is 64.3 Å². The maximum Gasteiger partial charge on any atom is 0.137 e. The minimum absolute atomic E-state index is 0.157. The van der Waals surface area contributed by atoms with E-state index in [2.05, 4.69) is 36.1 Å². The molecule has 0 atom stereocenters. The van der Waals surface area contributed by atoms with Gasteiger partial charge in [-0.05, 0) is 19.8 Å². The smallest absolute Gasteiger partial charge is 0.137 e. The fourth-order valence-corrected chi connectivity index (χ4v) is 2.80. The zero-order valence-corrected chi connectivity index (χ0v) is 14.2. The average Bonchev–Trinajstić information content (AvgIpc) is 2.40. The van der Waals surface area contributed by atoms with Crippen molar-refractivity contribution < 1.29 is 5.11 Å². The van der Waals surface area contributed by atoms with Gasteiger partial charge in [-0.25, -0.2) is 9.97 Å². The minimum atomic E-state index is -0.621. The van der Waals surface area contributed by atoms with Crippen LogP contribution in [0.25, 0.3) is 0 Å². The summed E-state index contributed by atoms with van der Waals surface area (Å²) in [4.78, 5) is 8.97. The molecule has 4 nitrogen and oxygen atoms in total. The van der Waals surface area contributed by atoms with E-state index in [1.807, 2.05) is 6.92 Å². The molecule has 0 unspecified atom stereocenters. The number of hydrogen-bond donors (Lipinski definition) is 2. The van der Waals surface area contributed by atoms with Crippen LogP contribution in [0.4, 0.5) is 5.82 Å². The highest BCUT2D eigenvalue weighted by molar-refractivity contribution is 6.30. The zero-order valence-electron chi connectivity index (χ0n) is 13.5. The molecular weight excluding hydrogens is 286 g/mol. The summed E-state index contributed by atoms with van der Waals surface area (Å²) in [6.45, 7) is 8.61. The molecule has 1 fully saturated rings. The standard InChI is InChI=1S/C16H26ClN3O/c1-11-12(17)19-14(15(2,3)4)20-13(11)18-10-16(21)8-6-5-7-9-16/h21H,5-10H2,1-4H3,(H,18,19,20). The molecule has 0 spiro atoms. The summed E-state index contributed by atoms with van der Waals surface area (Å²) in [5.74, 6) is 1.45. The fraction of sp³-hybridized carbons (Fsp3) is 0.750. The van der Waals surface area contributed by atoms with Gasteiger partial charge in [-0.1, -0.05) is 51.6 Å². The second-order valence-electron chi connectivity index (χ2n) is 7.20. The SMILES string of the molecule is Cc1c(Cl)nc(C(C)(C)C)nc1NCC1(O)CCCCC1. The van der Waals surface area contributed by atoms with E-state index in [0.29, 0.717) is 11.7 Å². The van der Waals surface area contributed by atoms with Crippen LogP contribution in [0.15, 0.2) is 0 Å². The van der Waals surface area contributed by atoms with Gasteiger partial charge in [0.05, 0.1) is 5.60 Å². The van der Waals surface area contributed by atoms with E-state index in [1.165, 1.54) is 6.42 Å². The van der Waals surface area contributed by atoms with Gasteiger partial charge in [-0.2, -0.15) is 0 Å². The average molecular weight is 312 g/mol. The van der Waals surface area contributed by atoms with Gasteiger partial charge in [0.25, 0.3) is 0 Å². The molecule has 0 aliphatic heterocycles. The Morgan fingerprint density at radius 1 is 1.19 bits per heavy atom. The van der Waals surface area contributed by atoms with E-state index in [1.54, 1.807) is 0 Å². The minimum Gasteiger partial charge on any atom is -0.388 e. The van der Waals surface area contributed by atoms with Gasteiger partial charge in [0.1, 0.15) is 16.8 Å². The number of rotatable bonds is 3. The Kier molecular flexibility index (Phi) is 4.79. The summed E-state index contributed by atoms with van der Waals surface area (Å²) < 4.78 is 0. The Labute approximate surface area is 132 Å². The van der Waals surface area contributed by atoms with Crippen molar-refractivity contribution >= 4 is 17.4 Å². The highest BCUT2D eigenvalue weighted by atomic mass is 35.5. The molecule has 0 bridgehead atoms. The van der Waals surface area contributed by atoms with Gasteiger partial charge >= 0.3 is 0 Å². The summed E-state index contributed by atoms with van der Waals surface area (Å²) in [7, 11) is 0. The first-order valence-electron chi connectivity index (χ1n) is 7.72. The lowest BCUT2D eigenvalue weighted by Crippen LogP contribution is -2.39. The predicted molar refractivity (Wildman–Crippen MR) is 87.0 cm³/mol. The third kappa shape index (κ3) is 4.07. The van der Waals surface area contributed by atoms with Crippen LogP contribution in [-0.2, 0) is 5.41 Å². The van der Waals surface area contributed by atoms with E-state index in [9.17, 15) is 5.11 Å². The number of aliphatic hydroxyl groups is 1. The lowest BCUT2D eigenvalue weighted by Gasteiger charge is -2.32. The number of hydrogen-bond acceptors (Lipinski definition) is 4. The van der Waals surface area contributed by atoms with E-state index >= 15 is 0 Å². The predicted octanol–water partition coefficient (Wildman–Crippen LogP) is 3.84. The van der Waals surface area contributed by atoms with Crippen molar-refractivity contribution in [1.29, 1.82) is 0 Å². The Hall–Kier alpha value is -0.870. The highest BCUT2D eigenvalue weighted by Crippen LogP contribution is 2.30. The zero-order chi connectivity index (χ0) is 15.7. The third-order valence-electron chi connectivity index (χ3n) is 4.13. The summed E-state index contributed by atoms with van der Waals surface area (Å²) in [5.41, 5.74) is 0.0589. The first-order chi connectivity index (χ1) is 9.71. The maximum absolute atomic E-state index is 10.6. The number of halogens is 1. The van der Waals surface area contributed by atoms with Crippen molar-refractivity contribution in [3.8, 4) is 0 Å². The van der Waals surface area contributed by atoms with Crippen molar-refractivity contribution in [3.63, 3.8) is 0 Å². The molecule has 0 saturated heterocycles. The van der Waals surface area contributed by atoms with Crippen molar-refractivity contribution in [2.45, 2.75) is 70.8 Å². The Morgan fingerprint density at radius 2 is 1.81 bits per heavy atom. The highest BCUT2D eigenvalue weighted by Gasteiger charge is 2.29. The lowest BCUT2D eigenvalue weighted by atomic mass is 9.85. The molecule has 2 N–H and O–H groups in total. The van der Waals surface area contributed by atoms with E-state index in [0.717, 1.165) is 42.9 Å². The second-order valence-corrected chi connectivity index (χ2v) is 7.56. The van der Waals surface area contributed by atoms with Crippen LogP contribution in [0.2, 0.25) is 5.15 Å². The monoisotopic (exact) mass is 311 g/mol. The van der Waals surface area contributed by atoms with Gasteiger partial charge in [0.15, 0.2) is 0 Å². The van der Waals surface area contributed by atoms with Crippen molar-refractivity contribution in [2.75, 3.05) is 11.9 Å². The fourth-order valence-electron chi connectivity index (χ4n) is 2.63. The first kappa shape index (κ1) is 16.5. The summed E-state index contributed by atoms with van der Waals surface area (Å²) in [6.07, 6.45) is 5.10. The van der Waals surface area contributed by atoms with Gasteiger partial charge in [-0.15, -0.1) is 0 Å². The van der Waals surface area contributed by atoms with Gasteiger partial charge in [0, 0.05) is 17.5 Å². The molecule has 21 heavy (non-hydrogen) atoms. The Balaban J connectivity index is 2.17. The van der Waals surface area contributed by atoms with Crippen LogP contribution in [0.5, 0.6) is 0 Å². The summed E-state index contributed by atoms with van der Waals surface area (Å²) in [5, 5.41) is 14.4. The van der Waals surface area contributed by atoms with Crippen LogP contribution in [0.3, 0.4) is 0 Å². The summed E-state index contributed by atoms with van der Waals surface area (Å²) >= 11 is 6.23. The molecule has 5 heteroatoms. The lowest BCUT2D eigenvalue weighted by molar-refractivity contribution is 0.0166. The molecule has 118 valence electrons. The molecule has 2 rings (SSSR count). The van der Waals surface area contributed by atoms with Gasteiger partial charge < -0.3 is 10.4 Å². The van der Waals surface area contributed by atoms with Crippen LogP contribution in [0, 0.1) is 6.92 Å². The Morgan fingerprint density at radius 3 is 2.38 bits per heavy atom. The van der Waals surface area contributed by atoms with Crippen LogP contribution in [-0.4, -0.2) is 27.2 Å². The van der Waals surface area contributed by atoms with E-state index < -0.39 is 5.60 Å². The molecule has 1 aromatic heterocycles. The van der Waals surface area contributed by atoms with Crippen molar-refractivity contribution in [1.82, 2.24) is 9.97 Å². The quantitative estimate of drug-likeness (QED) is 0.833. The molecule has 0 aromatic carbocycles. The normalized spacial score (nSPS) is 18.6. The number of nitrogens with zero attached hydrogens (tertiary/aromatic N) is 2. The molecule has 1 aromatic rings. The van der Waals surface area contributed by atoms with Crippen LogP contribution >= 0.6 is 11.6 Å². The van der Waals surface area contributed by atoms with Crippen LogP contribution < -0.4 is 5.32 Å². The number of aromatic nitrogens is 2. The maximum atomic E-state index is 10.6. The molecular formula is C16H26ClN3O. The number of nitrogens with one attached hydrogen (secondary N) is 1. The van der Waals surface area contributed by atoms with E-state index in [4.69, 9.17) is 11.6 Å². The molecule has 0 amide bonds. The molecule has 1 aliphatic carbocycles. The van der Waals surface area contributed by atoms with Crippen molar-refractivity contribution in [2.24, 2.45) is 0 Å². The first-order valence-corrected chi connectivity index (χ1v) is 8.10.